The molecular formula is C16H22Cl2N2O3. The van der Waals surface area contributed by atoms with Gasteiger partial charge in [0.05, 0.1) is 22.3 Å². The maximum Gasteiger partial charge on any atom is 0.257 e. The maximum atomic E-state index is 11.8. The third-order valence-corrected chi connectivity index (χ3v) is 4.25. The smallest absolute Gasteiger partial charge is 0.257 e. The first kappa shape index (κ1) is 18.3. The van der Waals surface area contributed by atoms with Gasteiger partial charge in [0.1, 0.15) is 5.75 Å². The van der Waals surface area contributed by atoms with Crippen LogP contribution in [0.15, 0.2) is 18.2 Å². The summed E-state index contributed by atoms with van der Waals surface area (Å²) in [6.45, 7) is 7.24. The molecule has 128 valence electrons. The Morgan fingerprint density at radius 1 is 1.30 bits per heavy atom. The topological polar surface area (TPSA) is 50.8 Å². The lowest BCUT2D eigenvalue weighted by atomic mass is 10.2. The molecule has 0 aliphatic carbocycles. The van der Waals surface area contributed by atoms with Gasteiger partial charge >= 0.3 is 0 Å². The van der Waals surface area contributed by atoms with Gasteiger partial charge in [-0.2, -0.15) is 0 Å². The fourth-order valence-corrected chi connectivity index (χ4v) is 2.88. The zero-order valence-electron chi connectivity index (χ0n) is 13.4. The van der Waals surface area contributed by atoms with Gasteiger partial charge in [0, 0.05) is 32.2 Å². The molecule has 1 heterocycles. The van der Waals surface area contributed by atoms with Gasteiger partial charge < -0.3 is 14.8 Å². The van der Waals surface area contributed by atoms with Gasteiger partial charge in [-0.15, -0.1) is 0 Å². The monoisotopic (exact) mass is 360 g/mol. The van der Waals surface area contributed by atoms with Crippen molar-refractivity contribution in [2.45, 2.75) is 26.1 Å². The summed E-state index contributed by atoms with van der Waals surface area (Å²) in [5.41, 5.74) is 0. The van der Waals surface area contributed by atoms with E-state index >= 15 is 0 Å². The van der Waals surface area contributed by atoms with E-state index in [0.29, 0.717) is 22.3 Å². The van der Waals surface area contributed by atoms with Crippen LogP contribution in [0.2, 0.25) is 10.0 Å². The van der Waals surface area contributed by atoms with Crippen LogP contribution in [0.3, 0.4) is 0 Å². The maximum absolute atomic E-state index is 11.8. The lowest BCUT2D eigenvalue weighted by Crippen LogP contribution is -2.48. The third kappa shape index (κ3) is 6.18. The second-order valence-corrected chi connectivity index (χ2v) is 6.55. The fourth-order valence-electron chi connectivity index (χ4n) is 2.59. The molecule has 0 aromatic heterocycles. The predicted molar refractivity (Wildman–Crippen MR) is 91.4 cm³/mol. The molecule has 23 heavy (non-hydrogen) atoms. The molecule has 1 aliphatic rings. The molecule has 0 spiro atoms. The number of carbonyl (C=O) groups excluding carboxylic acids is 1. The molecule has 1 fully saturated rings. The minimum Gasteiger partial charge on any atom is -0.484 e. The molecule has 1 aliphatic heterocycles. The predicted octanol–water partition coefficient (Wildman–Crippen LogP) is 2.60. The Kier molecular flexibility index (Phi) is 6.96. The number of hydrogen-bond acceptors (Lipinski definition) is 4. The largest absolute Gasteiger partial charge is 0.484 e. The van der Waals surface area contributed by atoms with Gasteiger partial charge in [-0.1, -0.05) is 23.2 Å². The normalized spacial score (nSPS) is 21.9. The minimum atomic E-state index is -0.162. The van der Waals surface area contributed by atoms with Crippen LogP contribution in [0.25, 0.3) is 0 Å². The van der Waals surface area contributed by atoms with E-state index in [-0.39, 0.29) is 24.7 Å². The first-order chi connectivity index (χ1) is 10.9. The molecule has 1 N–H and O–H groups in total. The number of halogens is 2. The van der Waals surface area contributed by atoms with Crippen molar-refractivity contribution in [1.82, 2.24) is 10.2 Å². The lowest BCUT2D eigenvalue weighted by Gasteiger charge is -2.35. The van der Waals surface area contributed by atoms with Crippen molar-refractivity contribution >= 4 is 29.1 Å². The molecule has 7 heteroatoms. The summed E-state index contributed by atoms with van der Waals surface area (Å²) in [5.74, 6) is 0.357. The van der Waals surface area contributed by atoms with E-state index < -0.39 is 0 Å². The molecule has 0 unspecified atom stereocenters. The zero-order valence-corrected chi connectivity index (χ0v) is 14.9. The minimum absolute atomic E-state index is 0.0477. The van der Waals surface area contributed by atoms with Crippen LogP contribution in [0.4, 0.5) is 0 Å². The van der Waals surface area contributed by atoms with E-state index in [1.807, 2.05) is 0 Å². The van der Waals surface area contributed by atoms with Gasteiger partial charge in [-0.25, -0.2) is 0 Å². The van der Waals surface area contributed by atoms with Crippen molar-refractivity contribution in [3.05, 3.63) is 28.2 Å². The summed E-state index contributed by atoms with van der Waals surface area (Å²) in [7, 11) is 0. The van der Waals surface area contributed by atoms with Crippen LogP contribution in [0.1, 0.15) is 13.8 Å². The SMILES string of the molecule is C[C@@H]1CN(CCNC(=O)COc2ccc(Cl)c(Cl)c2)C[C@@H](C)O1. The summed E-state index contributed by atoms with van der Waals surface area (Å²) >= 11 is 11.7. The van der Waals surface area contributed by atoms with Crippen LogP contribution in [-0.4, -0.2) is 55.8 Å². The highest BCUT2D eigenvalue weighted by Gasteiger charge is 2.21. The molecular weight excluding hydrogens is 339 g/mol. The molecule has 5 nitrogen and oxygen atoms in total. The first-order valence-corrected chi connectivity index (χ1v) is 8.42. The highest BCUT2D eigenvalue weighted by atomic mass is 35.5. The standard InChI is InChI=1S/C16H22Cl2N2O3/c1-11-8-20(9-12(2)23-11)6-5-19-16(21)10-22-13-3-4-14(17)15(18)7-13/h3-4,7,11-12H,5-6,8-10H2,1-2H3,(H,19,21)/t11-,12-/m1/s1. The van der Waals surface area contributed by atoms with Crippen molar-refractivity contribution in [2.24, 2.45) is 0 Å². The van der Waals surface area contributed by atoms with Gasteiger partial charge in [-0.3, -0.25) is 9.69 Å². The van der Waals surface area contributed by atoms with Crippen LogP contribution in [-0.2, 0) is 9.53 Å². The quantitative estimate of drug-likeness (QED) is 0.846. The van der Waals surface area contributed by atoms with E-state index in [1.54, 1.807) is 18.2 Å². The van der Waals surface area contributed by atoms with Crippen LogP contribution in [0.5, 0.6) is 5.75 Å². The molecule has 1 amide bonds. The second-order valence-electron chi connectivity index (χ2n) is 5.73. The van der Waals surface area contributed by atoms with Gasteiger partial charge in [0.15, 0.2) is 6.61 Å². The van der Waals surface area contributed by atoms with Gasteiger partial charge in [0.2, 0.25) is 0 Å². The van der Waals surface area contributed by atoms with Crippen LogP contribution >= 0.6 is 23.2 Å². The van der Waals surface area contributed by atoms with Gasteiger partial charge in [-0.05, 0) is 26.0 Å². The number of morpholine rings is 1. The first-order valence-electron chi connectivity index (χ1n) is 7.66. The number of hydrogen-bond donors (Lipinski definition) is 1. The molecule has 1 aromatic rings. The Bertz CT molecular complexity index is 532. The summed E-state index contributed by atoms with van der Waals surface area (Å²) in [6, 6.07) is 4.91. The summed E-state index contributed by atoms with van der Waals surface area (Å²) in [4.78, 5) is 14.1. The molecule has 2 rings (SSSR count). The van der Waals surface area contributed by atoms with Crippen molar-refractivity contribution in [3.63, 3.8) is 0 Å². The highest BCUT2D eigenvalue weighted by Crippen LogP contribution is 2.26. The molecule has 0 saturated carbocycles. The Labute approximate surface area is 146 Å². The number of rotatable bonds is 6. The van der Waals surface area contributed by atoms with E-state index in [9.17, 15) is 4.79 Å². The van der Waals surface area contributed by atoms with Gasteiger partial charge in [0.25, 0.3) is 5.91 Å². The van der Waals surface area contributed by atoms with E-state index in [2.05, 4.69) is 24.1 Å². The number of nitrogens with zero attached hydrogens (tertiary/aromatic N) is 1. The molecule has 1 aromatic carbocycles. The Hall–Kier alpha value is -1.01. The number of nitrogens with one attached hydrogen (secondary N) is 1. The molecule has 0 radical (unpaired) electrons. The summed E-state index contributed by atoms with van der Waals surface area (Å²) < 4.78 is 11.1. The van der Waals surface area contributed by atoms with Crippen molar-refractivity contribution in [2.75, 3.05) is 32.8 Å². The van der Waals surface area contributed by atoms with Crippen molar-refractivity contribution in [3.8, 4) is 5.75 Å². The van der Waals surface area contributed by atoms with Crippen molar-refractivity contribution in [1.29, 1.82) is 0 Å². The number of amides is 1. The number of ether oxygens (including phenoxy) is 2. The van der Waals surface area contributed by atoms with Crippen LogP contribution in [0, 0.1) is 0 Å². The van der Waals surface area contributed by atoms with E-state index in [0.717, 1.165) is 19.6 Å². The second kappa shape index (κ2) is 8.73. The Morgan fingerprint density at radius 2 is 2.00 bits per heavy atom. The van der Waals surface area contributed by atoms with Crippen LogP contribution < -0.4 is 10.1 Å². The average Bonchev–Trinajstić information content (AvgIpc) is 2.47. The number of benzene rings is 1. The van der Waals surface area contributed by atoms with Crippen molar-refractivity contribution < 1.29 is 14.3 Å². The number of carbonyl (C=O) groups is 1. The third-order valence-electron chi connectivity index (χ3n) is 3.51. The molecule has 1 saturated heterocycles. The fraction of sp³-hybridized carbons (Fsp3) is 0.562. The zero-order chi connectivity index (χ0) is 16.8. The average molecular weight is 361 g/mol. The lowest BCUT2D eigenvalue weighted by molar-refractivity contribution is -0.123. The molecule has 0 bridgehead atoms. The summed E-state index contributed by atoms with van der Waals surface area (Å²) in [6.07, 6.45) is 0.458. The van der Waals surface area contributed by atoms with E-state index in [4.69, 9.17) is 32.7 Å². The summed E-state index contributed by atoms with van der Waals surface area (Å²) in [5, 5.41) is 3.71. The Balaban J connectivity index is 1.66. The molecule has 2 atom stereocenters. The highest BCUT2D eigenvalue weighted by molar-refractivity contribution is 6.42. The Morgan fingerprint density at radius 3 is 2.65 bits per heavy atom. The van der Waals surface area contributed by atoms with E-state index in [1.165, 1.54) is 0 Å².